The van der Waals surface area contributed by atoms with Gasteiger partial charge < -0.3 is 5.73 Å². The predicted molar refractivity (Wildman–Crippen MR) is 81.9 cm³/mol. The molecular formula is C13H15ClN6S. The molecule has 1 fully saturated rings. The van der Waals surface area contributed by atoms with Gasteiger partial charge in [0.15, 0.2) is 0 Å². The van der Waals surface area contributed by atoms with Gasteiger partial charge in [-0.2, -0.15) is 0 Å². The van der Waals surface area contributed by atoms with Crippen LogP contribution in [0.3, 0.4) is 0 Å². The maximum Gasteiger partial charge on any atom is 0.214 e. The van der Waals surface area contributed by atoms with Gasteiger partial charge in [-0.15, -0.1) is 5.10 Å². The van der Waals surface area contributed by atoms with Gasteiger partial charge in [0, 0.05) is 10.5 Å². The van der Waals surface area contributed by atoms with Crippen molar-refractivity contribution in [2.75, 3.05) is 0 Å². The van der Waals surface area contributed by atoms with E-state index in [9.17, 15) is 0 Å². The van der Waals surface area contributed by atoms with Crippen LogP contribution in [-0.4, -0.2) is 26.0 Å². The van der Waals surface area contributed by atoms with Gasteiger partial charge in [0.2, 0.25) is 5.16 Å². The number of hydrogen-bond donors (Lipinski definition) is 2. The summed E-state index contributed by atoms with van der Waals surface area (Å²) in [6, 6.07) is 5.81. The molecule has 110 valence electrons. The molecule has 0 radical (unpaired) electrons. The molecule has 1 heterocycles. The Balaban J connectivity index is 1.82. The van der Waals surface area contributed by atoms with E-state index in [-0.39, 0.29) is 5.84 Å². The van der Waals surface area contributed by atoms with Crippen LogP contribution in [0.5, 0.6) is 0 Å². The zero-order valence-electron chi connectivity index (χ0n) is 11.3. The molecule has 1 aromatic heterocycles. The SMILES string of the molecule is N=C(N)c1ccc(Sc2nnnn2C2CCCC2)cc1Cl. The molecule has 0 aliphatic heterocycles. The molecule has 0 spiro atoms. The average Bonchev–Trinajstić information content (AvgIpc) is 3.08. The second kappa shape index (κ2) is 6.03. The van der Waals surface area contributed by atoms with Crippen molar-refractivity contribution in [3.8, 4) is 0 Å². The zero-order valence-corrected chi connectivity index (χ0v) is 12.9. The van der Waals surface area contributed by atoms with Crippen LogP contribution in [0.1, 0.15) is 37.3 Å². The topological polar surface area (TPSA) is 93.5 Å². The van der Waals surface area contributed by atoms with E-state index in [4.69, 9.17) is 22.7 Å². The van der Waals surface area contributed by atoms with Crippen molar-refractivity contribution in [3.63, 3.8) is 0 Å². The van der Waals surface area contributed by atoms with Crippen LogP contribution in [0.25, 0.3) is 0 Å². The lowest BCUT2D eigenvalue weighted by Gasteiger charge is -2.11. The first-order valence-electron chi connectivity index (χ1n) is 6.75. The number of rotatable bonds is 4. The van der Waals surface area contributed by atoms with Crippen LogP contribution in [0.15, 0.2) is 28.3 Å². The standard InChI is InChI=1S/C13H15ClN6S/c14-11-7-9(5-6-10(11)12(15)16)21-13-17-18-19-20(13)8-3-1-2-4-8/h5-8H,1-4H2,(H3,15,16). The second-order valence-electron chi connectivity index (χ2n) is 5.00. The number of hydrogen-bond acceptors (Lipinski definition) is 5. The van der Waals surface area contributed by atoms with E-state index in [1.54, 1.807) is 12.1 Å². The maximum absolute atomic E-state index is 7.44. The first-order chi connectivity index (χ1) is 10.1. The average molecular weight is 323 g/mol. The Morgan fingerprint density at radius 2 is 2.14 bits per heavy atom. The third-order valence-corrected chi connectivity index (χ3v) is 4.83. The molecule has 0 amide bonds. The smallest absolute Gasteiger partial charge is 0.214 e. The number of benzene rings is 1. The fourth-order valence-corrected chi connectivity index (χ4v) is 3.74. The minimum atomic E-state index is -0.0349. The second-order valence-corrected chi connectivity index (χ2v) is 6.45. The molecule has 3 rings (SSSR count). The van der Waals surface area contributed by atoms with Crippen molar-refractivity contribution in [1.29, 1.82) is 5.41 Å². The third-order valence-electron chi connectivity index (χ3n) is 3.57. The van der Waals surface area contributed by atoms with Crippen molar-refractivity contribution in [2.45, 2.75) is 41.8 Å². The van der Waals surface area contributed by atoms with Gasteiger partial charge in [-0.3, -0.25) is 5.41 Å². The molecular weight excluding hydrogens is 308 g/mol. The van der Waals surface area contributed by atoms with E-state index in [0.29, 0.717) is 16.6 Å². The van der Waals surface area contributed by atoms with Crippen molar-refractivity contribution in [2.24, 2.45) is 5.73 Å². The Bertz CT molecular complexity index is 664. The summed E-state index contributed by atoms with van der Waals surface area (Å²) in [6.45, 7) is 0. The molecule has 6 nitrogen and oxygen atoms in total. The van der Waals surface area contributed by atoms with Crippen LogP contribution in [-0.2, 0) is 0 Å². The molecule has 1 aromatic carbocycles. The van der Waals surface area contributed by atoms with Gasteiger partial charge in [-0.05, 0) is 53.2 Å². The van der Waals surface area contributed by atoms with Gasteiger partial charge in [0.25, 0.3) is 0 Å². The zero-order chi connectivity index (χ0) is 14.8. The van der Waals surface area contributed by atoms with Crippen molar-refractivity contribution >= 4 is 29.2 Å². The number of tetrazole rings is 1. The highest BCUT2D eigenvalue weighted by atomic mass is 35.5. The maximum atomic E-state index is 7.44. The first kappa shape index (κ1) is 14.3. The van der Waals surface area contributed by atoms with Crippen LogP contribution in [0.4, 0.5) is 0 Å². The molecule has 0 saturated heterocycles. The Morgan fingerprint density at radius 1 is 1.38 bits per heavy atom. The van der Waals surface area contributed by atoms with Crippen molar-refractivity contribution < 1.29 is 0 Å². The van der Waals surface area contributed by atoms with Crippen molar-refractivity contribution in [1.82, 2.24) is 20.2 Å². The number of aromatic nitrogens is 4. The molecule has 1 aliphatic carbocycles. The number of nitrogen functional groups attached to an aromatic ring is 1. The van der Waals surface area contributed by atoms with Gasteiger partial charge in [0.05, 0.1) is 11.1 Å². The van der Waals surface area contributed by atoms with Gasteiger partial charge in [-0.1, -0.05) is 24.4 Å². The summed E-state index contributed by atoms with van der Waals surface area (Å²) in [7, 11) is 0. The van der Waals surface area contributed by atoms with Crippen LogP contribution in [0, 0.1) is 5.41 Å². The molecule has 2 aromatic rings. The number of nitrogens with two attached hydrogens (primary N) is 1. The summed E-state index contributed by atoms with van der Waals surface area (Å²) < 4.78 is 1.91. The Hall–Kier alpha value is -1.60. The fraction of sp³-hybridized carbons (Fsp3) is 0.385. The van der Waals surface area contributed by atoms with Crippen LogP contribution >= 0.6 is 23.4 Å². The Labute approximate surface area is 131 Å². The monoisotopic (exact) mass is 322 g/mol. The lowest BCUT2D eigenvalue weighted by atomic mass is 10.2. The molecule has 0 unspecified atom stereocenters. The first-order valence-corrected chi connectivity index (χ1v) is 7.94. The summed E-state index contributed by atoms with van der Waals surface area (Å²) in [4.78, 5) is 0.930. The minimum absolute atomic E-state index is 0.0349. The van der Waals surface area contributed by atoms with E-state index >= 15 is 0 Å². The molecule has 21 heavy (non-hydrogen) atoms. The Kier molecular flexibility index (Phi) is 4.12. The van der Waals surface area contributed by atoms with Crippen LogP contribution < -0.4 is 5.73 Å². The minimum Gasteiger partial charge on any atom is -0.384 e. The molecule has 0 bridgehead atoms. The van der Waals surface area contributed by atoms with E-state index in [1.807, 2.05) is 10.7 Å². The van der Waals surface area contributed by atoms with Gasteiger partial charge in [0.1, 0.15) is 5.84 Å². The summed E-state index contributed by atoms with van der Waals surface area (Å²) >= 11 is 7.61. The number of nitrogens with zero attached hydrogens (tertiary/aromatic N) is 4. The highest BCUT2D eigenvalue weighted by Crippen LogP contribution is 2.34. The van der Waals surface area contributed by atoms with E-state index in [1.165, 1.54) is 24.6 Å². The molecule has 0 atom stereocenters. The van der Waals surface area contributed by atoms with E-state index in [0.717, 1.165) is 22.9 Å². The van der Waals surface area contributed by atoms with E-state index in [2.05, 4.69) is 15.5 Å². The number of nitrogens with one attached hydrogen (secondary N) is 1. The summed E-state index contributed by atoms with van der Waals surface area (Å²) in [5.74, 6) is -0.0349. The molecule has 1 aliphatic rings. The highest BCUT2D eigenvalue weighted by Gasteiger charge is 2.22. The van der Waals surface area contributed by atoms with Crippen LogP contribution in [0.2, 0.25) is 5.02 Å². The van der Waals surface area contributed by atoms with Gasteiger partial charge in [-0.25, -0.2) is 4.68 Å². The van der Waals surface area contributed by atoms with Gasteiger partial charge >= 0.3 is 0 Å². The largest absolute Gasteiger partial charge is 0.384 e. The third kappa shape index (κ3) is 3.03. The normalized spacial score (nSPS) is 15.5. The lowest BCUT2D eigenvalue weighted by Crippen LogP contribution is -2.11. The fourth-order valence-electron chi connectivity index (χ4n) is 2.51. The molecule has 1 saturated carbocycles. The number of amidine groups is 1. The lowest BCUT2D eigenvalue weighted by molar-refractivity contribution is 0.423. The number of halogens is 1. The summed E-state index contributed by atoms with van der Waals surface area (Å²) in [5, 5.41) is 20.7. The quantitative estimate of drug-likeness (QED) is 0.667. The Morgan fingerprint density at radius 3 is 2.81 bits per heavy atom. The molecule has 3 N–H and O–H groups in total. The molecule has 8 heteroatoms. The highest BCUT2D eigenvalue weighted by molar-refractivity contribution is 7.99. The summed E-state index contributed by atoms with van der Waals surface area (Å²) in [5.41, 5.74) is 6.00. The van der Waals surface area contributed by atoms with E-state index < -0.39 is 0 Å². The van der Waals surface area contributed by atoms with Crippen molar-refractivity contribution in [3.05, 3.63) is 28.8 Å². The predicted octanol–water partition coefficient (Wildman–Crippen LogP) is 2.88. The summed E-state index contributed by atoms with van der Waals surface area (Å²) in [6.07, 6.45) is 4.72.